The van der Waals surface area contributed by atoms with E-state index in [0.717, 1.165) is 37.4 Å². The molecule has 1 saturated heterocycles. The van der Waals surface area contributed by atoms with Crippen molar-refractivity contribution >= 4 is 11.5 Å². The zero-order valence-electron chi connectivity index (χ0n) is 16.2. The van der Waals surface area contributed by atoms with Crippen molar-refractivity contribution in [2.24, 2.45) is 0 Å². The average Bonchev–Trinajstić information content (AvgIpc) is 3.41. The van der Waals surface area contributed by atoms with E-state index in [2.05, 4.69) is 65.5 Å². The van der Waals surface area contributed by atoms with E-state index in [1.165, 1.54) is 29.8 Å². The minimum Gasteiger partial charge on any atom is -0.369 e. The van der Waals surface area contributed by atoms with Crippen molar-refractivity contribution in [3.8, 4) is 0 Å². The molecule has 4 heteroatoms. The Hall–Kier alpha value is -2.07. The summed E-state index contributed by atoms with van der Waals surface area (Å²) in [6.45, 7) is 10.8. The van der Waals surface area contributed by atoms with Gasteiger partial charge in [-0.05, 0) is 51.3 Å². The number of ketones is 1. The molecule has 4 rings (SSSR count). The molecule has 1 aromatic carbocycles. The number of benzene rings is 1. The Kier molecular flexibility index (Phi) is 4.62. The van der Waals surface area contributed by atoms with Crippen LogP contribution in [0.3, 0.4) is 0 Å². The number of aromatic nitrogens is 1. The Balaban J connectivity index is 1.38. The Bertz CT molecular complexity index is 811. The highest BCUT2D eigenvalue weighted by atomic mass is 16.1. The monoisotopic (exact) mass is 351 g/mol. The molecule has 0 amide bonds. The summed E-state index contributed by atoms with van der Waals surface area (Å²) in [6.07, 6.45) is 2.51. The van der Waals surface area contributed by atoms with Crippen LogP contribution in [0.2, 0.25) is 0 Å². The van der Waals surface area contributed by atoms with Gasteiger partial charge in [0, 0.05) is 54.9 Å². The molecule has 0 spiro atoms. The van der Waals surface area contributed by atoms with Crippen molar-refractivity contribution in [2.45, 2.75) is 39.7 Å². The van der Waals surface area contributed by atoms with Gasteiger partial charge in [-0.15, -0.1) is 0 Å². The minimum absolute atomic E-state index is 0.273. The highest BCUT2D eigenvalue weighted by Crippen LogP contribution is 2.38. The summed E-state index contributed by atoms with van der Waals surface area (Å²) >= 11 is 0. The fourth-order valence-corrected chi connectivity index (χ4v) is 4.31. The Labute approximate surface area is 156 Å². The van der Waals surface area contributed by atoms with Crippen molar-refractivity contribution < 1.29 is 4.79 Å². The lowest BCUT2D eigenvalue weighted by Gasteiger charge is -2.36. The number of nitrogens with zero attached hydrogens (tertiary/aromatic N) is 3. The molecular weight excluding hydrogens is 322 g/mol. The van der Waals surface area contributed by atoms with Gasteiger partial charge in [0.2, 0.25) is 0 Å². The highest BCUT2D eigenvalue weighted by Gasteiger charge is 2.29. The number of carbonyl (C=O) groups excluding carboxylic acids is 1. The third-order valence-corrected chi connectivity index (χ3v) is 5.89. The normalized spacial score (nSPS) is 18.3. The van der Waals surface area contributed by atoms with Gasteiger partial charge in [0.25, 0.3) is 0 Å². The van der Waals surface area contributed by atoms with Crippen LogP contribution in [-0.4, -0.2) is 48.0 Å². The molecule has 2 aliphatic rings. The average molecular weight is 351 g/mol. The highest BCUT2D eigenvalue weighted by molar-refractivity contribution is 5.99. The molecular formula is C22H29N3O. The number of aryl methyl sites for hydroxylation is 2. The van der Waals surface area contributed by atoms with Crippen LogP contribution in [0.5, 0.6) is 0 Å². The predicted molar refractivity (Wildman–Crippen MR) is 106 cm³/mol. The van der Waals surface area contributed by atoms with Gasteiger partial charge in [-0.1, -0.05) is 18.2 Å². The number of anilines is 1. The number of Topliss-reactive ketones (excluding diaryl/α,β-unsaturated/α-hetero) is 1. The number of carbonyl (C=O) groups is 1. The number of piperazine rings is 1. The van der Waals surface area contributed by atoms with Gasteiger partial charge in [0.05, 0.1) is 6.54 Å². The molecule has 2 aromatic rings. The molecule has 0 radical (unpaired) electrons. The Morgan fingerprint density at radius 3 is 2.38 bits per heavy atom. The zero-order valence-corrected chi connectivity index (χ0v) is 16.2. The molecule has 0 atom stereocenters. The van der Waals surface area contributed by atoms with E-state index in [0.29, 0.717) is 12.6 Å². The van der Waals surface area contributed by atoms with Crippen LogP contribution >= 0.6 is 0 Å². The van der Waals surface area contributed by atoms with Crippen LogP contribution in [0.1, 0.15) is 46.2 Å². The Morgan fingerprint density at radius 2 is 1.73 bits per heavy atom. The van der Waals surface area contributed by atoms with Crippen LogP contribution in [-0.2, 0) is 0 Å². The first-order valence-electron chi connectivity index (χ1n) is 9.79. The third kappa shape index (κ3) is 3.30. The zero-order chi connectivity index (χ0) is 18.3. The van der Waals surface area contributed by atoms with E-state index in [1.807, 2.05) is 0 Å². The van der Waals surface area contributed by atoms with Crippen LogP contribution in [0, 0.1) is 20.8 Å². The summed E-state index contributed by atoms with van der Waals surface area (Å²) in [5.74, 6) is 0.273. The second kappa shape index (κ2) is 6.92. The van der Waals surface area contributed by atoms with E-state index >= 15 is 0 Å². The van der Waals surface area contributed by atoms with Gasteiger partial charge in [-0.3, -0.25) is 9.69 Å². The number of rotatable bonds is 5. The lowest BCUT2D eigenvalue weighted by molar-refractivity contribution is 0.0925. The molecule has 0 N–H and O–H groups in total. The largest absolute Gasteiger partial charge is 0.369 e. The van der Waals surface area contributed by atoms with Gasteiger partial charge in [-0.2, -0.15) is 0 Å². The van der Waals surface area contributed by atoms with Crippen molar-refractivity contribution in [2.75, 3.05) is 37.6 Å². The summed E-state index contributed by atoms with van der Waals surface area (Å²) < 4.78 is 2.36. The number of hydrogen-bond acceptors (Lipinski definition) is 3. The summed E-state index contributed by atoms with van der Waals surface area (Å²) in [5.41, 5.74) is 5.97. The van der Waals surface area contributed by atoms with Crippen LogP contribution in [0.4, 0.5) is 5.69 Å². The second-order valence-corrected chi connectivity index (χ2v) is 7.86. The van der Waals surface area contributed by atoms with Crippen molar-refractivity contribution in [3.05, 3.63) is 52.8 Å². The summed E-state index contributed by atoms with van der Waals surface area (Å²) in [6, 6.07) is 11.3. The Morgan fingerprint density at radius 1 is 1.04 bits per heavy atom. The van der Waals surface area contributed by atoms with Crippen LogP contribution in [0.25, 0.3) is 0 Å². The molecule has 2 heterocycles. The van der Waals surface area contributed by atoms with Gasteiger partial charge in [0.15, 0.2) is 5.78 Å². The fraction of sp³-hybridized carbons (Fsp3) is 0.500. The number of para-hydroxylation sites is 1. The van der Waals surface area contributed by atoms with E-state index < -0.39 is 0 Å². The van der Waals surface area contributed by atoms with Gasteiger partial charge in [-0.25, -0.2) is 0 Å². The molecule has 0 bridgehead atoms. The third-order valence-electron chi connectivity index (χ3n) is 5.89. The van der Waals surface area contributed by atoms with E-state index in [4.69, 9.17) is 0 Å². The van der Waals surface area contributed by atoms with E-state index in [1.54, 1.807) is 0 Å². The van der Waals surface area contributed by atoms with E-state index in [-0.39, 0.29) is 5.78 Å². The second-order valence-electron chi connectivity index (χ2n) is 7.86. The topological polar surface area (TPSA) is 28.5 Å². The quantitative estimate of drug-likeness (QED) is 0.768. The standard InChI is InChI=1S/C22H29N3O/c1-16-6-4-5-7-21(16)24-12-10-23(11-13-24)15-22(26)20-14-17(2)25(18(20)3)19-8-9-19/h4-7,14,19H,8-13,15H2,1-3H3. The molecule has 138 valence electrons. The van der Waals surface area contributed by atoms with Crippen LogP contribution < -0.4 is 4.90 Å². The predicted octanol–water partition coefficient (Wildman–Crippen LogP) is 3.75. The molecule has 2 fully saturated rings. The van der Waals surface area contributed by atoms with Crippen LogP contribution in [0.15, 0.2) is 30.3 Å². The van der Waals surface area contributed by atoms with Crippen molar-refractivity contribution in [3.63, 3.8) is 0 Å². The van der Waals surface area contributed by atoms with E-state index in [9.17, 15) is 4.79 Å². The van der Waals surface area contributed by atoms with Crippen molar-refractivity contribution in [1.29, 1.82) is 0 Å². The summed E-state index contributed by atoms with van der Waals surface area (Å²) in [7, 11) is 0. The van der Waals surface area contributed by atoms with Crippen molar-refractivity contribution in [1.82, 2.24) is 9.47 Å². The lowest BCUT2D eigenvalue weighted by Crippen LogP contribution is -2.48. The molecule has 1 saturated carbocycles. The first kappa shape index (κ1) is 17.3. The first-order chi connectivity index (χ1) is 12.5. The number of hydrogen-bond donors (Lipinski definition) is 0. The molecule has 0 unspecified atom stereocenters. The SMILES string of the molecule is Cc1ccccc1N1CCN(CC(=O)c2cc(C)n(C3CC3)c2C)CC1. The molecule has 1 aliphatic carbocycles. The van der Waals surface area contributed by atoms with Gasteiger partial charge in [0.1, 0.15) is 0 Å². The molecule has 1 aromatic heterocycles. The maximum Gasteiger partial charge on any atom is 0.178 e. The summed E-state index contributed by atoms with van der Waals surface area (Å²) in [5, 5.41) is 0. The molecule has 26 heavy (non-hydrogen) atoms. The van der Waals surface area contributed by atoms with Gasteiger partial charge >= 0.3 is 0 Å². The maximum absolute atomic E-state index is 12.9. The fourth-order valence-electron chi connectivity index (χ4n) is 4.31. The lowest BCUT2D eigenvalue weighted by atomic mass is 10.1. The first-order valence-corrected chi connectivity index (χ1v) is 9.79. The smallest absolute Gasteiger partial charge is 0.178 e. The molecule has 1 aliphatic heterocycles. The minimum atomic E-state index is 0.273. The molecule has 4 nitrogen and oxygen atoms in total. The maximum atomic E-state index is 12.9. The van der Waals surface area contributed by atoms with Gasteiger partial charge < -0.3 is 9.47 Å². The summed E-state index contributed by atoms with van der Waals surface area (Å²) in [4.78, 5) is 17.6.